The van der Waals surface area contributed by atoms with Crippen molar-refractivity contribution in [2.45, 2.75) is 20.0 Å². The molecule has 1 rings (SSSR count). The van der Waals surface area contributed by atoms with Gasteiger partial charge in [0, 0.05) is 16.8 Å². The van der Waals surface area contributed by atoms with E-state index < -0.39 is 18.8 Å². The van der Waals surface area contributed by atoms with Gasteiger partial charge < -0.3 is 10.2 Å². The second kappa shape index (κ2) is 3.66. The third-order valence-electron chi connectivity index (χ3n) is 1.78. The Kier molecular flexibility index (Phi) is 2.77. The van der Waals surface area contributed by atoms with Crippen molar-refractivity contribution in [3.63, 3.8) is 0 Å². The average Bonchev–Trinajstić information content (AvgIpc) is 2.07. The fraction of sp³-hybridized carbons (Fsp3) is 0.375. The first-order chi connectivity index (χ1) is 6.07. The molecule has 13 heavy (non-hydrogen) atoms. The molecule has 0 atom stereocenters. The smallest absolute Gasteiger partial charge is 0.266 e. The minimum absolute atomic E-state index is 0.122. The minimum atomic E-state index is -2.73. The number of aromatic nitrogens is 1. The van der Waals surface area contributed by atoms with Gasteiger partial charge in [0.15, 0.2) is 0 Å². The second-order valence-corrected chi connectivity index (χ2v) is 2.58. The zero-order valence-corrected chi connectivity index (χ0v) is 6.96. The molecule has 72 valence electrons. The van der Waals surface area contributed by atoms with E-state index in [4.69, 9.17) is 10.2 Å². The first-order valence-electron chi connectivity index (χ1n) is 3.64. The summed E-state index contributed by atoms with van der Waals surface area (Å²) in [6, 6.07) is 0. The van der Waals surface area contributed by atoms with Crippen LogP contribution in [-0.4, -0.2) is 15.2 Å². The third kappa shape index (κ3) is 1.75. The zero-order chi connectivity index (χ0) is 10.0. The van der Waals surface area contributed by atoms with Crippen molar-refractivity contribution in [1.82, 2.24) is 4.98 Å². The number of hydrogen-bond donors (Lipinski definition) is 2. The summed E-state index contributed by atoms with van der Waals surface area (Å²) in [6.45, 7) is 0.787. The Hall–Kier alpha value is -1.23. The molecule has 0 spiro atoms. The molecule has 0 aromatic carbocycles. The van der Waals surface area contributed by atoms with Crippen molar-refractivity contribution < 1.29 is 19.0 Å². The van der Waals surface area contributed by atoms with Gasteiger partial charge in [-0.25, -0.2) is 8.78 Å². The van der Waals surface area contributed by atoms with Crippen molar-refractivity contribution in [3.05, 3.63) is 23.0 Å². The highest BCUT2D eigenvalue weighted by Crippen LogP contribution is 2.30. The molecular weight excluding hydrogens is 180 g/mol. The highest BCUT2D eigenvalue weighted by molar-refractivity contribution is 5.39. The van der Waals surface area contributed by atoms with Gasteiger partial charge in [-0.05, 0) is 6.92 Å². The van der Waals surface area contributed by atoms with Crippen LogP contribution in [0.2, 0.25) is 0 Å². The van der Waals surface area contributed by atoms with Crippen LogP contribution in [0, 0.1) is 6.92 Å². The van der Waals surface area contributed by atoms with Gasteiger partial charge in [0.05, 0.1) is 12.8 Å². The highest BCUT2D eigenvalue weighted by atomic mass is 19.3. The number of nitrogens with zero attached hydrogens (tertiary/aromatic N) is 1. The lowest BCUT2D eigenvalue weighted by atomic mass is 10.1. The Balaban J connectivity index is 3.35. The molecule has 0 unspecified atom stereocenters. The van der Waals surface area contributed by atoms with E-state index >= 15 is 0 Å². The molecule has 0 amide bonds. The number of aliphatic hydroxyl groups excluding tert-OH is 1. The van der Waals surface area contributed by atoms with Gasteiger partial charge in [-0.3, -0.25) is 4.98 Å². The van der Waals surface area contributed by atoms with Gasteiger partial charge in [-0.15, -0.1) is 0 Å². The Bertz CT molecular complexity index is 315. The molecule has 5 heteroatoms. The molecule has 0 bridgehead atoms. The van der Waals surface area contributed by atoms with Crippen LogP contribution in [0.25, 0.3) is 0 Å². The maximum Gasteiger partial charge on any atom is 0.266 e. The number of hydrogen-bond acceptors (Lipinski definition) is 3. The SMILES string of the molecule is Cc1ncc(O)c(CO)c1C(F)F. The van der Waals surface area contributed by atoms with Crippen LogP contribution in [0.5, 0.6) is 5.75 Å². The van der Waals surface area contributed by atoms with E-state index in [-0.39, 0.29) is 16.8 Å². The number of pyridine rings is 1. The lowest BCUT2D eigenvalue weighted by Gasteiger charge is -2.10. The Morgan fingerprint density at radius 1 is 1.54 bits per heavy atom. The van der Waals surface area contributed by atoms with Crippen LogP contribution in [-0.2, 0) is 6.61 Å². The van der Waals surface area contributed by atoms with Crippen molar-refractivity contribution >= 4 is 0 Å². The van der Waals surface area contributed by atoms with E-state index in [1.54, 1.807) is 0 Å². The molecule has 3 nitrogen and oxygen atoms in total. The standard InChI is InChI=1S/C8H9F2NO2/c1-4-7(8(9)10)5(3-12)6(13)2-11-4/h2,8,12-13H,3H2,1H3. The number of aromatic hydroxyl groups is 1. The van der Waals surface area contributed by atoms with E-state index in [2.05, 4.69) is 4.98 Å². The normalized spacial score (nSPS) is 10.8. The maximum absolute atomic E-state index is 12.4. The van der Waals surface area contributed by atoms with Gasteiger partial charge in [-0.1, -0.05) is 0 Å². The maximum atomic E-state index is 12.4. The molecule has 0 saturated carbocycles. The lowest BCUT2D eigenvalue weighted by molar-refractivity contribution is 0.144. The number of aliphatic hydroxyl groups is 1. The van der Waals surface area contributed by atoms with Gasteiger partial charge >= 0.3 is 0 Å². The summed E-state index contributed by atoms with van der Waals surface area (Å²) in [5.41, 5.74) is -0.415. The number of alkyl halides is 2. The van der Waals surface area contributed by atoms with E-state index in [0.29, 0.717) is 0 Å². The topological polar surface area (TPSA) is 53.4 Å². The van der Waals surface area contributed by atoms with Crippen LogP contribution < -0.4 is 0 Å². The summed E-state index contributed by atoms with van der Waals surface area (Å²) in [5.74, 6) is -0.400. The van der Waals surface area contributed by atoms with Crippen LogP contribution in [0.15, 0.2) is 6.20 Å². The van der Waals surface area contributed by atoms with E-state index in [9.17, 15) is 8.78 Å². The fourth-order valence-corrected chi connectivity index (χ4v) is 1.12. The number of rotatable bonds is 2. The van der Waals surface area contributed by atoms with Gasteiger partial charge in [-0.2, -0.15) is 0 Å². The first kappa shape index (κ1) is 9.85. The fourth-order valence-electron chi connectivity index (χ4n) is 1.12. The Morgan fingerprint density at radius 2 is 2.15 bits per heavy atom. The summed E-state index contributed by atoms with van der Waals surface area (Å²) in [7, 11) is 0. The van der Waals surface area contributed by atoms with Crippen molar-refractivity contribution in [3.8, 4) is 5.75 Å². The Labute approximate surface area is 73.7 Å². The van der Waals surface area contributed by atoms with E-state index in [1.165, 1.54) is 6.92 Å². The summed E-state index contributed by atoms with van der Waals surface area (Å²) < 4.78 is 24.8. The third-order valence-corrected chi connectivity index (χ3v) is 1.78. The quantitative estimate of drug-likeness (QED) is 0.741. The Morgan fingerprint density at radius 3 is 2.54 bits per heavy atom. The molecule has 0 aliphatic rings. The van der Waals surface area contributed by atoms with Gasteiger partial charge in [0.1, 0.15) is 5.75 Å². The molecule has 0 aliphatic carbocycles. The predicted molar refractivity (Wildman–Crippen MR) is 41.5 cm³/mol. The van der Waals surface area contributed by atoms with E-state index in [1.807, 2.05) is 0 Å². The summed E-state index contributed by atoms with van der Waals surface area (Å²) in [4.78, 5) is 3.57. The van der Waals surface area contributed by atoms with E-state index in [0.717, 1.165) is 6.20 Å². The van der Waals surface area contributed by atoms with Crippen molar-refractivity contribution in [1.29, 1.82) is 0 Å². The number of halogens is 2. The van der Waals surface area contributed by atoms with Gasteiger partial charge in [0.2, 0.25) is 0 Å². The lowest BCUT2D eigenvalue weighted by Crippen LogP contribution is -2.00. The molecule has 1 heterocycles. The minimum Gasteiger partial charge on any atom is -0.506 e. The highest BCUT2D eigenvalue weighted by Gasteiger charge is 2.19. The van der Waals surface area contributed by atoms with Crippen LogP contribution in [0.4, 0.5) is 8.78 Å². The molecular formula is C8H9F2NO2. The monoisotopic (exact) mass is 189 g/mol. The molecule has 0 fully saturated rings. The molecule has 0 saturated heterocycles. The molecule has 0 radical (unpaired) electrons. The first-order valence-corrected chi connectivity index (χ1v) is 3.64. The van der Waals surface area contributed by atoms with Crippen molar-refractivity contribution in [2.24, 2.45) is 0 Å². The van der Waals surface area contributed by atoms with Crippen LogP contribution >= 0.6 is 0 Å². The summed E-state index contributed by atoms with van der Waals surface area (Å²) in [6.07, 6.45) is -1.69. The molecule has 0 aliphatic heterocycles. The number of aryl methyl sites for hydroxylation is 1. The summed E-state index contributed by atoms with van der Waals surface area (Å²) >= 11 is 0. The molecule has 2 N–H and O–H groups in total. The van der Waals surface area contributed by atoms with Crippen LogP contribution in [0.1, 0.15) is 23.2 Å². The molecule has 1 aromatic heterocycles. The average molecular weight is 189 g/mol. The largest absolute Gasteiger partial charge is 0.506 e. The zero-order valence-electron chi connectivity index (χ0n) is 6.96. The van der Waals surface area contributed by atoms with Crippen LogP contribution in [0.3, 0.4) is 0 Å². The molecule has 1 aromatic rings. The van der Waals surface area contributed by atoms with Crippen molar-refractivity contribution in [2.75, 3.05) is 0 Å². The second-order valence-electron chi connectivity index (χ2n) is 2.58. The van der Waals surface area contributed by atoms with Gasteiger partial charge in [0.25, 0.3) is 6.43 Å². The summed E-state index contributed by atoms with van der Waals surface area (Å²) in [5, 5.41) is 17.9. The predicted octanol–water partition coefficient (Wildman–Crippen LogP) is 1.53.